The average Bonchev–Trinajstić information content (AvgIpc) is 3.13. The minimum absolute atomic E-state index is 0.162. The molecule has 3 aromatic rings. The fraction of sp³-hybridized carbons (Fsp3) is 0.278. The largest absolute Gasteiger partial charge is 0.480 e. The van der Waals surface area contributed by atoms with Crippen LogP contribution in [0, 0.1) is 0 Å². The number of aromatic nitrogens is 5. The van der Waals surface area contributed by atoms with Crippen LogP contribution in [0.4, 0.5) is 0 Å². The van der Waals surface area contributed by atoms with Crippen LogP contribution in [-0.2, 0) is 12.8 Å². The quantitative estimate of drug-likeness (QED) is 0.694. The minimum atomic E-state index is -0.162. The summed E-state index contributed by atoms with van der Waals surface area (Å²) in [6.07, 6.45) is 4.61. The van der Waals surface area contributed by atoms with Crippen LogP contribution in [0.15, 0.2) is 42.7 Å². The first-order valence-corrected chi connectivity index (χ1v) is 8.36. The highest BCUT2D eigenvalue weighted by atomic mass is 16.5. The van der Waals surface area contributed by atoms with Gasteiger partial charge < -0.3 is 10.1 Å². The van der Waals surface area contributed by atoms with Crippen LogP contribution in [0.1, 0.15) is 28.7 Å². The van der Waals surface area contributed by atoms with Gasteiger partial charge in [0.25, 0.3) is 5.91 Å². The second-order valence-corrected chi connectivity index (χ2v) is 5.53. The van der Waals surface area contributed by atoms with E-state index >= 15 is 0 Å². The summed E-state index contributed by atoms with van der Waals surface area (Å²) in [5.41, 5.74) is 2.25. The van der Waals surface area contributed by atoms with E-state index in [4.69, 9.17) is 4.74 Å². The molecule has 0 saturated carbocycles. The molecule has 0 bridgehead atoms. The lowest BCUT2D eigenvalue weighted by atomic mass is 10.2. The topological polar surface area (TPSA) is 94.8 Å². The SMILES string of the molecule is CCc1c(C(=O)NCCc2ccccn2)cnn1-c1ccc(OC)nn1. The zero-order chi connectivity index (χ0) is 18.4. The van der Waals surface area contributed by atoms with Gasteiger partial charge in [0.15, 0.2) is 5.82 Å². The standard InChI is InChI=1S/C18H20N6O2/c1-3-15-14(18(25)20-11-9-13-6-4-5-10-19-13)12-21-24(15)16-7-8-17(26-2)23-22-16/h4-8,10,12H,3,9,11H2,1-2H3,(H,20,25). The van der Waals surface area contributed by atoms with Crippen LogP contribution in [0.2, 0.25) is 0 Å². The Morgan fingerprint density at radius 2 is 2.12 bits per heavy atom. The molecule has 0 fully saturated rings. The molecule has 3 rings (SSSR count). The highest BCUT2D eigenvalue weighted by Gasteiger charge is 2.17. The van der Waals surface area contributed by atoms with E-state index in [0.717, 1.165) is 11.4 Å². The maximum Gasteiger partial charge on any atom is 0.254 e. The van der Waals surface area contributed by atoms with Gasteiger partial charge in [-0.15, -0.1) is 10.2 Å². The Kier molecular flexibility index (Phi) is 5.52. The van der Waals surface area contributed by atoms with Gasteiger partial charge in [0, 0.05) is 30.9 Å². The van der Waals surface area contributed by atoms with Gasteiger partial charge in [0.1, 0.15) is 0 Å². The Morgan fingerprint density at radius 3 is 2.77 bits per heavy atom. The fourth-order valence-electron chi connectivity index (χ4n) is 2.58. The molecule has 0 spiro atoms. The summed E-state index contributed by atoms with van der Waals surface area (Å²) in [5, 5.41) is 15.3. The predicted octanol–water partition coefficient (Wildman–Crippen LogP) is 1.60. The molecule has 3 heterocycles. The van der Waals surface area contributed by atoms with Crippen LogP contribution in [0.25, 0.3) is 5.82 Å². The minimum Gasteiger partial charge on any atom is -0.480 e. The molecule has 0 aliphatic heterocycles. The number of nitrogens with one attached hydrogen (secondary N) is 1. The average molecular weight is 352 g/mol. The molecule has 0 radical (unpaired) electrons. The van der Waals surface area contributed by atoms with Crippen LogP contribution >= 0.6 is 0 Å². The Hall–Kier alpha value is -3.29. The lowest BCUT2D eigenvalue weighted by molar-refractivity contribution is 0.0953. The number of hydrogen-bond acceptors (Lipinski definition) is 6. The Morgan fingerprint density at radius 1 is 1.23 bits per heavy atom. The monoisotopic (exact) mass is 352 g/mol. The Balaban J connectivity index is 1.71. The number of rotatable bonds is 7. The third-order valence-electron chi connectivity index (χ3n) is 3.89. The second kappa shape index (κ2) is 8.19. The van der Waals surface area contributed by atoms with Crippen molar-refractivity contribution in [2.24, 2.45) is 0 Å². The summed E-state index contributed by atoms with van der Waals surface area (Å²) in [6, 6.07) is 9.19. The van der Waals surface area contributed by atoms with Gasteiger partial charge in [0.2, 0.25) is 5.88 Å². The third kappa shape index (κ3) is 3.85. The highest BCUT2D eigenvalue weighted by molar-refractivity contribution is 5.95. The van der Waals surface area contributed by atoms with Gasteiger partial charge in [-0.2, -0.15) is 5.10 Å². The number of amides is 1. The zero-order valence-electron chi connectivity index (χ0n) is 14.7. The van der Waals surface area contributed by atoms with Crippen LogP contribution in [-0.4, -0.2) is 44.5 Å². The van der Waals surface area contributed by atoms with Crippen LogP contribution in [0.3, 0.4) is 0 Å². The smallest absolute Gasteiger partial charge is 0.254 e. The van der Waals surface area contributed by atoms with E-state index in [1.807, 2.05) is 25.1 Å². The molecule has 0 aliphatic rings. The van der Waals surface area contributed by atoms with Gasteiger partial charge >= 0.3 is 0 Å². The molecule has 8 nitrogen and oxygen atoms in total. The molecule has 0 aromatic carbocycles. The van der Waals surface area contributed by atoms with Gasteiger partial charge in [-0.1, -0.05) is 13.0 Å². The molecule has 0 atom stereocenters. The predicted molar refractivity (Wildman–Crippen MR) is 95.4 cm³/mol. The van der Waals surface area contributed by atoms with Crippen molar-refractivity contribution in [3.05, 3.63) is 59.7 Å². The molecule has 1 N–H and O–H groups in total. The molecule has 26 heavy (non-hydrogen) atoms. The number of hydrogen-bond donors (Lipinski definition) is 1. The van der Waals surface area contributed by atoms with Crippen LogP contribution < -0.4 is 10.1 Å². The molecule has 3 aromatic heterocycles. The fourth-order valence-corrected chi connectivity index (χ4v) is 2.58. The van der Waals surface area contributed by atoms with E-state index in [-0.39, 0.29) is 5.91 Å². The second-order valence-electron chi connectivity index (χ2n) is 5.53. The molecule has 0 aliphatic carbocycles. The summed E-state index contributed by atoms with van der Waals surface area (Å²) in [4.78, 5) is 16.8. The summed E-state index contributed by atoms with van der Waals surface area (Å²) in [6.45, 7) is 2.47. The van der Waals surface area contributed by atoms with Crippen molar-refractivity contribution in [3.8, 4) is 11.7 Å². The summed E-state index contributed by atoms with van der Waals surface area (Å²) >= 11 is 0. The van der Waals surface area contributed by atoms with E-state index < -0.39 is 0 Å². The lowest BCUT2D eigenvalue weighted by Gasteiger charge is -2.08. The lowest BCUT2D eigenvalue weighted by Crippen LogP contribution is -2.26. The van der Waals surface area contributed by atoms with E-state index in [9.17, 15) is 4.79 Å². The van der Waals surface area contributed by atoms with Crippen molar-refractivity contribution in [2.75, 3.05) is 13.7 Å². The van der Waals surface area contributed by atoms with Crippen molar-refractivity contribution in [1.29, 1.82) is 0 Å². The molecule has 8 heteroatoms. The molecule has 0 unspecified atom stereocenters. The van der Waals surface area contributed by atoms with E-state index in [1.54, 1.807) is 29.2 Å². The van der Waals surface area contributed by atoms with Crippen molar-refractivity contribution in [2.45, 2.75) is 19.8 Å². The van der Waals surface area contributed by atoms with Crippen molar-refractivity contribution >= 4 is 5.91 Å². The zero-order valence-corrected chi connectivity index (χ0v) is 14.7. The maximum absolute atomic E-state index is 12.5. The number of carbonyl (C=O) groups is 1. The highest BCUT2D eigenvalue weighted by Crippen LogP contribution is 2.15. The number of pyridine rings is 1. The van der Waals surface area contributed by atoms with Crippen molar-refractivity contribution in [1.82, 2.24) is 30.3 Å². The molecular formula is C18H20N6O2. The first-order chi connectivity index (χ1) is 12.7. The normalized spacial score (nSPS) is 10.5. The molecule has 134 valence electrons. The maximum atomic E-state index is 12.5. The summed E-state index contributed by atoms with van der Waals surface area (Å²) in [7, 11) is 1.53. The van der Waals surface area contributed by atoms with Crippen molar-refractivity contribution < 1.29 is 9.53 Å². The van der Waals surface area contributed by atoms with Gasteiger partial charge in [-0.25, -0.2) is 4.68 Å². The van der Waals surface area contributed by atoms with Gasteiger partial charge in [-0.05, 0) is 24.6 Å². The molecule has 0 saturated heterocycles. The number of methoxy groups -OCH3 is 1. The number of carbonyl (C=O) groups excluding carboxylic acids is 1. The summed E-state index contributed by atoms with van der Waals surface area (Å²) in [5.74, 6) is 0.798. The van der Waals surface area contributed by atoms with E-state index in [1.165, 1.54) is 7.11 Å². The number of ether oxygens (including phenoxy) is 1. The first-order valence-electron chi connectivity index (χ1n) is 8.36. The van der Waals surface area contributed by atoms with E-state index in [0.29, 0.717) is 36.6 Å². The van der Waals surface area contributed by atoms with Gasteiger partial charge in [-0.3, -0.25) is 9.78 Å². The van der Waals surface area contributed by atoms with Crippen LogP contribution in [0.5, 0.6) is 5.88 Å². The number of nitrogens with zero attached hydrogens (tertiary/aromatic N) is 5. The van der Waals surface area contributed by atoms with Gasteiger partial charge in [0.05, 0.1) is 24.6 Å². The molecule has 1 amide bonds. The first kappa shape index (κ1) is 17.5. The molecular weight excluding hydrogens is 332 g/mol. The third-order valence-corrected chi connectivity index (χ3v) is 3.89. The summed E-state index contributed by atoms with van der Waals surface area (Å²) < 4.78 is 6.64. The Bertz CT molecular complexity index is 861. The Labute approximate surface area is 151 Å². The van der Waals surface area contributed by atoms with E-state index in [2.05, 4.69) is 25.6 Å². The van der Waals surface area contributed by atoms with Crippen molar-refractivity contribution in [3.63, 3.8) is 0 Å².